The van der Waals surface area contributed by atoms with Crippen molar-refractivity contribution >= 4 is 50.3 Å². The zero-order valence-electron chi connectivity index (χ0n) is 27.9. The van der Waals surface area contributed by atoms with Crippen LogP contribution in [0.5, 0.6) is 0 Å². The van der Waals surface area contributed by atoms with E-state index < -0.39 is 12.2 Å². The molecule has 3 N–H and O–H groups in total. The van der Waals surface area contributed by atoms with Gasteiger partial charge in [-0.05, 0) is 40.8 Å². The summed E-state index contributed by atoms with van der Waals surface area (Å²) < 4.78 is 0.925. The lowest BCUT2D eigenvalue weighted by atomic mass is 9.99. The monoisotopic (exact) mass is 697 g/mol. The van der Waals surface area contributed by atoms with Gasteiger partial charge in [0.25, 0.3) is 0 Å². The molecule has 7 rings (SSSR count). The number of nitrogens with one attached hydrogen (secondary N) is 1. The second kappa shape index (κ2) is 14.4. The molecule has 11 nitrogen and oxygen atoms in total. The molecule has 0 unspecified atom stereocenters. The third-order valence-corrected chi connectivity index (χ3v) is 10.0. The minimum Gasteiger partial charge on any atom is -0.375 e. The first-order chi connectivity index (χ1) is 24.7. The van der Waals surface area contributed by atoms with E-state index in [4.69, 9.17) is 5.73 Å². The number of fused-ring (bicyclic) bond motifs is 2. The Hall–Kier alpha value is -6.03. The van der Waals surface area contributed by atoms with Crippen LogP contribution >= 0.6 is 11.3 Å². The van der Waals surface area contributed by atoms with Crippen molar-refractivity contribution in [2.24, 2.45) is 0 Å². The average molecular weight is 698 g/mol. The number of benzene rings is 4. The van der Waals surface area contributed by atoms with E-state index in [2.05, 4.69) is 22.1 Å². The van der Waals surface area contributed by atoms with Crippen LogP contribution in [0.25, 0.3) is 10.2 Å². The van der Waals surface area contributed by atoms with Gasteiger partial charge >= 0.3 is 6.03 Å². The van der Waals surface area contributed by atoms with Crippen molar-refractivity contribution in [3.63, 3.8) is 0 Å². The highest BCUT2D eigenvalue weighted by molar-refractivity contribution is 7.22. The van der Waals surface area contributed by atoms with E-state index in [-0.39, 0.29) is 49.7 Å². The summed E-state index contributed by atoms with van der Waals surface area (Å²) in [5, 5.41) is 6.53. The SMILES string of the molecule is CN(C(=O)NCc1ccccc1)N1CC(=O)N2[C@@H](Cc3ccc(C#CC(=O)c4ccccc4)cc3)C(=O)N(Cc3cccc4sc(N)nc34)C[C@@H]21. The van der Waals surface area contributed by atoms with E-state index in [1.54, 1.807) is 58.3 Å². The number of hydrogen-bond acceptors (Lipinski definition) is 8. The molecule has 0 bridgehead atoms. The Morgan fingerprint density at radius 3 is 2.41 bits per heavy atom. The van der Waals surface area contributed by atoms with Crippen LogP contribution < -0.4 is 11.1 Å². The highest BCUT2D eigenvalue weighted by Crippen LogP contribution is 2.32. The fraction of sp³-hybridized carbons (Fsp3) is 0.205. The number of hydrogen-bond donors (Lipinski definition) is 2. The van der Waals surface area contributed by atoms with Crippen LogP contribution in [-0.2, 0) is 29.1 Å². The number of thiazole rings is 1. The first-order valence-corrected chi connectivity index (χ1v) is 17.3. The molecule has 2 atom stereocenters. The van der Waals surface area contributed by atoms with Gasteiger partial charge in [-0.1, -0.05) is 102 Å². The number of nitrogens with two attached hydrogens (primary N) is 1. The number of urea groups is 1. The molecule has 2 fully saturated rings. The number of amides is 4. The summed E-state index contributed by atoms with van der Waals surface area (Å²) in [6.45, 7) is 0.724. The van der Waals surface area contributed by atoms with Gasteiger partial charge in [-0.2, -0.15) is 5.01 Å². The van der Waals surface area contributed by atoms with Crippen LogP contribution in [0.2, 0.25) is 0 Å². The third kappa shape index (κ3) is 7.17. The Kier molecular flexibility index (Phi) is 9.48. The molecule has 2 saturated heterocycles. The predicted molar refractivity (Wildman–Crippen MR) is 195 cm³/mol. The lowest BCUT2D eigenvalue weighted by molar-refractivity contribution is -0.157. The maximum atomic E-state index is 14.3. The number of carbonyl (C=O) groups is 4. The molecule has 12 heteroatoms. The Morgan fingerprint density at radius 1 is 0.941 bits per heavy atom. The fourth-order valence-electron chi connectivity index (χ4n) is 6.55. The molecule has 1 aromatic heterocycles. The molecule has 0 aliphatic carbocycles. The highest BCUT2D eigenvalue weighted by Gasteiger charge is 2.51. The van der Waals surface area contributed by atoms with Crippen LogP contribution in [0.15, 0.2) is 103 Å². The van der Waals surface area contributed by atoms with Crippen LogP contribution in [-0.4, -0.2) is 80.8 Å². The summed E-state index contributed by atoms with van der Waals surface area (Å²) >= 11 is 1.39. The van der Waals surface area contributed by atoms with Crippen molar-refractivity contribution in [2.45, 2.75) is 31.7 Å². The molecule has 3 heterocycles. The minimum atomic E-state index is -0.821. The van der Waals surface area contributed by atoms with Crippen molar-refractivity contribution in [1.29, 1.82) is 0 Å². The van der Waals surface area contributed by atoms with Crippen LogP contribution in [0.4, 0.5) is 9.93 Å². The molecule has 256 valence electrons. The molecular formula is C39H35N7O4S. The Bertz CT molecular complexity index is 2160. The lowest BCUT2D eigenvalue weighted by Crippen LogP contribution is -2.65. The normalized spacial score (nSPS) is 17.2. The van der Waals surface area contributed by atoms with Gasteiger partial charge in [-0.3, -0.25) is 19.4 Å². The number of piperazine rings is 1. The molecule has 0 saturated carbocycles. The van der Waals surface area contributed by atoms with Crippen molar-refractivity contribution in [3.05, 3.63) is 131 Å². The number of aromatic nitrogens is 1. The molecule has 2 aliphatic rings. The van der Waals surface area contributed by atoms with Crippen LogP contribution in [0, 0.1) is 11.8 Å². The number of rotatable bonds is 8. The van der Waals surface area contributed by atoms with Gasteiger partial charge in [0.2, 0.25) is 17.6 Å². The number of ketones is 1. The number of carbonyl (C=O) groups excluding carboxylic acids is 4. The summed E-state index contributed by atoms with van der Waals surface area (Å²) in [6, 6.07) is 30.4. The first kappa shape index (κ1) is 33.5. The summed E-state index contributed by atoms with van der Waals surface area (Å²) in [6.07, 6.45) is -0.332. The molecule has 4 aromatic carbocycles. The van der Waals surface area contributed by atoms with Gasteiger partial charge in [0.05, 0.1) is 23.3 Å². The van der Waals surface area contributed by atoms with Gasteiger partial charge in [-0.15, -0.1) is 0 Å². The topological polar surface area (TPSA) is 132 Å². The molecule has 51 heavy (non-hydrogen) atoms. The summed E-state index contributed by atoms with van der Waals surface area (Å²) in [5.41, 5.74) is 10.6. The zero-order chi connectivity index (χ0) is 35.5. The molecule has 5 aromatic rings. The second-order valence-corrected chi connectivity index (χ2v) is 13.5. The van der Waals surface area contributed by atoms with Gasteiger partial charge in [0.15, 0.2) is 5.13 Å². The molecule has 4 amide bonds. The minimum absolute atomic E-state index is 0.0558. The summed E-state index contributed by atoms with van der Waals surface area (Å²) in [7, 11) is 1.63. The maximum Gasteiger partial charge on any atom is 0.332 e. The lowest BCUT2D eigenvalue weighted by Gasteiger charge is -2.45. The highest BCUT2D eigenvalue weighted by atomic mass is 32.1. The van der Waals surface area contributed by atoms with E-state index in [9.17, 15) is 19.2 Å². The Labute approximate surface area is 299 Å². The Balaban J connectivity index is 1.14. The van der Waals surface area contributed by atoms with Crippen LogP contribution in [0.3, 0.4) is 0 Å². The van der Waals surface area contributed by atoms with Gasteiger partial charge in [-0.25, -0.2) is 9.78 Å². The fourth-order valence-corrected chi connectivity index (χ4v) is 7.33. The molecule has 2 aliphatic heterocycles. The molecule has 0 radical (unpaired) electrons. The third-order valence-electron chi connectivity index (χ3n) is 9.15. The van der Waals surface area contributed by atoms with Crippen molar-refractivity contribution < 1.29 is 19.2 Å². The van der Waals surface area contributed by atoms with Gasteiger partial charge in [0, 0.05) is 37.7 Å². The standard InChI is InChI=1S/C39H35N7O4S/c1-43(39(50)41-22-28-9-4-2-5-10-28)45-25-35(48)46-31(21-27-17-15-26(16-18-27)19-20-32(47)29-11-6-3-7-12-29)37(49)44(24-34(45)46)23-30-13-8-14-33-36(30)42-38(40)51-33/h2-18,31,34H,21-25H2,1H3,(H2,40,42)(H,41,50)/t31-,34+/m0/s1. The average Bonchev–Trinajstić information content (AvgIpc) is 3.71. The van der Waals surface area contributed by atoms with E-state index in [0.717, 1.165) is 26.9 Å². The second-order valence-electron chi connectivity index (χ2n) is 12.4. The van der Waals surface area contributed by atoms with Crippen molar-refractivity contribution in [1.82, 2.24) is 30.1 Å². The number of Topliss-reactive ketones (excluding diaryl/α,β-unsaturated/α-hetero) is 1. The predicted octanol–water partition coefficient (Wildman–Crippen LogP) is 4.29. The number of para-hydroxylation sites is 1. The van der Waals surface area contributed by atoms with Gasteiger partial charge < -0.3 is 20.9 Å². The van der Waals surface area contributed by atoms with Crippen molar-refractivity contribution in [2.75, 3.05) is 25.9 Å². The van der Waals surface area contributed by atoms with E-state index in [0.29, 0.717) is 22.8 Å². The van der Waals surface area contributed by atoms with E-state index >= 15 is 0 Å². The van der Waals surface area contributed by atoms with Crippen molar-refractivity contribution in [3.8, 4) is 11.8 Å². The van der Waals surface area contributed by atoms with Gasteiger partial charge in [0.1, 0.15) is 12.2 Å². The maximum absolute atomic E-state index is 14.3. The number of anilines is 1. The molecule has 0 spiro atoms. The largest absolute Gasteiger partial charge is 0.375 e. The summed E-state index contributed by atoms with van der Waals surface area (Å²) in [4.78, 5) is 61.8. The zero-order valence-corrected chi connectivity index (χ0v) is 28.7. The van der Waals surface area contributed by atoms with E-state index in [1.165, 1.54) is 16.3 Å². The molecular weight excluding hydrogens is 663 g/mol. The first-order valence-electron chi connectivity index (χ1n) is 16.5. The smallest absolute Gasteiger partial charge is 0.332 e. The summed E-state index contributed by atoms with van der Waals surface area (Å²) in [5.74, 6) is 4.90. The van der Waals surface area contributed by atoms with Crippen LogP contribution in [0.1, 0.15) is 32.6 Å². The number of hydrazine groups is 1. The Morgan fingerprint density at radius 2 is 1.67 bits per heavy atom. The van der Waals surface area contributed by atoms with E-state index in [1.807, 2.05) is 66.7 Å². The number of nitrogen functional groups attached to an aromatic ring is 1. The quantitative estimate of drug-likeness (QED) is 0.183. The number of nitrogens with zero attached hydrogens (tertiary/aromatic N) is 5.